The minimum Gasteiger partial charge on any atom is -0.493 e. The normalized spacial score (nSPS) is 16.8. The molecule has 228 valence electrons. The Morgan fingerprint density at radius 3 is 2.19 bits per heavy atom. The molecule has 0 saturated carbocycles. The first kappa shape index (κ1) is 29.3. The molecule has 2 aliphatic rings. The summed E-state index contributed by atoms with van der Waals surface area (Å²) in [6.07, 6.45) is 6.68. The molecule has 3 aromatic carbocycles. The molecule has 0 unspecified atom stereocenters. The number of aromatic nitrogens is 2. The Morgan fingerprint density at radius 1 is 0.791 bits per heavy atom. The fraction of sp³-hybridized carbons (Fsp3) is 0.457. The summed E-state index contributed by atoms with van der Waals surface area (Å²) in [7, 11) is 4.88. The maximum atomic E-state index is 6.33. The molecule has 4 aromatic rings. The van der Waals surface area contributed by atoms with Crippen LogP contribution < -0.4 is 18.9 Å². The van der Waals surface area contributed by atoms with Crippen LogP contribution in [-0.4, -0.2) is 86.1 Å². The Morgan fingerprint density at radius 2 is 1.51 bits per heavy atom. The first-order chi connectivity index (χ1) is 21.2. The first-order valence-electron chi connectivity index (χ1n) is 15.6. The Hall–Kier alpha value is -3.75. The van der Waals surface area contributed by atoms with Crippen molar-refractivity contribution in [2.75, 3.05) is 60.7 Å². The van der Waals surface area contributed by atoms with Crippen molar-refractivity contribution in [1.29, 1.82) is 0 Å². The van der Waals surface area contributed by atoms with Crippen molar-refractivity contribution in [3.8, 4) is 34.4 Å². The zero-order chi connectivity index (χ0) is 29.6. The van der Waals surface area contributed by atoms with Crippen LogP contribution in [0.5, 0.6) is 23.0 Å². The third-order valence-corrected chi connectivity index (χ3v) is 8.97. The van der Waals surface area contributed by atoms with Crippen LogP contribution in [-0.2, 0) is 6.54 Å². The predicted octanol–water partition coefficient (Wildman–Crippen LogP) is 6.11. The second kappa shape index (κ2) is 13.7. The predicted molar refractivity (Wildman–Crippen MR) is 171 cm³/mol. The van der Waals surface area contributed by atoms with Gasteiger partial charge in [0.25, 0.3) is 0 Å². The van der Waals surface area contributed by atoms with Crippen molar-refractivity contribution in [2.24, 2.45) is 0 Å². The summed E-state index contributed by atoms with van der Waals surface area (Å²) < 4.78 is 25.4. The third-order valence-electron chi connectivity index (χ3n) is 8.97. The fourth-order valence-electron chi connectivity index (χ4n) is 6.63. The van der Waals surface area contributed by atoms with Crippen molar-refractivity contribution in [1.82, 2.24) is 19.4 Å². The fourth-order valence-corrected chi connectivity index (χ4v) is 6.63. The summed E-state index contributed by atoms with van der Waals surface area (Å²) in [4.78, 5) is 10.4. The minimum absolute atomic E-state index is 0.561. The van der Waals surface area contributed by atoms with Crippen LogP contribution in [0, 0.1) is 0 Å². The van der Waals surface area contributed by atoms with Gasteiger partial charge in [-0.3, -0.25) is 4.90 Å². The van der Waals surface area contributed by atoms with Gasteiger partial charge < -0.3 is 28.4 Å². The van der Waals surface area contributed by atoms with Crippen molar-refractivity contribution in [3.63, 3.8) is 0 Å². The zero-order valence-corrected chi connectivity index (χ0v) is 25.8. The van der Waals surface area contributed by atoms with Crippen molar-refractivity contribution in [3.05, 3.63) is 66.2 Å². The lowest BCUT2D eigenvalue weighted by Crippen LogP contribution is -2.47. The van der Waals surface area contributed by atoms with Gasteiger partial charge in [-0.2, -0.15) is 0 Å². The SMILES string of the molecule is COc1cc(-c2nc3ccc(OCCN4CCC(N5CCCCC5)CC4)cc3n2Cc2ccccc2)cc(OC)c1OC. The summed E-state index contributed by atoms with van der Waals surface area (Å²) in [5.74, 6) is 3.44. The molecule has 0 atom stereocenters. The van der Waals surface area contributed by atoms with Gasteiger partial charge >= 0.3 is 0 Å². The molecule has 2 aliphatic heterocycles. The zero-order valence-electron chi connectivity index (χ0n) is 25.8. The molecule has 0 amide bonds. The molecular formula is C35H44N4O4. The number of nitrogens with zero attached hydrogens (tertiary/aromatic N) is 4. The topological polar surface area (TPSA) is 61.2 Å². The smallest absolute Gasteiger partial charge is 0.203 e. The highest BCUT2D eigenvalue weighted by Gasteiger charge is 2.25. The van der Waals surface area contributed by atoms with Crippen LogP contribution in [0.4, 0.5) is 0 Å². The van der Waals surface area contributed by atoms with Crippen LogP contribution in [0.3, 0.4) is 0 Å². The van der Waals surface area contributed by atoms with Gasteiger partial charge in [0.15, 0.2) is 11.5 Å². The molecule has 0 spiro atoms. The van der Waals surface area contributed by atoms with E-state index in [1.165, 1.54) is 50.8 Å². The van der Waals surface area contributed by atoms with E-state index in [0.717, 1.165) is 53.8 Å². The lowest BCUT2D eigenvalue weighted by atomic mass is 10.00. The second-order valence-corrected chi connectivity index (χ2v) is 11.6. The molecule has 2 saturated heterocycles. The van der Waals surface area contributed by atoms with Crippen LogP contribution in [0.1, 0.15) is 37.7 Å². The number of fused-ring (bicyclic) bond motifs is 1. The van der Waals surface area contributed by atoms with Crippen molar-refractivity contribution < 1.29 is 18.9 Å². The molecular weight excluding hydrogens is 540 g/mol. The standard InChI is InChI=1S/C35H44N4O4/c1-40-32-22-27(23-33(41-2)34(32)42-3)35-36-30-13-12-29(24-31(30)39(35)25-26-10-6-4-7-11-26)43-21-20-37-18-14-28(15-19-37)38-16-8-5-9-17-38/h4,6-7,10-13,22-24,28H,5,8-9,14-21,25H2,1-3H3. The highest BCUT2D eigenvalue weighted by Crippen LogP contribution is 2.42. The van der Waals surface area contributed by atoms with Gasteiger partial charge in [-0.1, -0.05) is 36.8 Å². The summed E-state index contributed by atoms with van der Waals surface area (Å²) in [6.45, 7) is 7.18. The van der Waals surface area contributed by atoms with E-state index in [1.54, 1.807) is 21.3 Å². The van der Waals surface area contributed by atoms with E-state index >= 15 is 0 Å². The maximum absolute atomic E-state index is 6.33. The Labute approximate surface area is 255 Å². The van der Waals surface area contributed by atoms with Crippen LogP contribution in [0.2, 0.25) is 0 Å². The average Bonchev–Trinajstić information content (AvgIpc) is 3.42. The molecule has 1 aromatic heterocycles. The van der Waals surface area contributed by atoms with E-state index in [-0.39, 0.29) is 0 Å². The van der Waals surface area contributed by atoms with E-state index in [4.69, 9.17) is 23.9 Å². The average molecular weight is 585 g/mol. The van der Waals surface area contributed by atoms with E-state index in [2.05, 4.69) is 50.8 Å². The van der Waals surface area contributed by atoms with Crippen molar-refractivity contribution >= 4 is 11.0 Å². The first-order valence-corrected chi connectivity index (χ1v) is 15.6. The lowest BCUT2D eigenvalue weighted by Gasteiger charge is -2.40. The van der Waals surface area contributed by atoms with Gasteiger partial charge in [0.2, 0.25) is 5.75 Å². The molecule has 3 heterocycles. The van der Waals surface area contributed by atoms with Gasteiger partial charge in [-0.05, 0) is 81.7 Å². The van der Waals surface area contributed by atoms with Crippen LogP contribution in [0.15, 0.2) is 60.7 Å². The van der Waals surface area contributed by atoms with Crippen molar-refractivity contribution in [2.45, 2.75) is 44.7 Å². The highest BCUT2D eigenvalue weighted by molar-refractivity contribution is 5.83. The number of ether oxygens (including phenoxy) is 4. The van der Waals surface area contributed by atoms with E-state index in [1.807, 2.05) is 24.3 Å². The molecule has 2 fully saturated rings. The second-order valence-electron chi connectivity index (χ2n) is 11.6. The minimum atomic E-state index is 0.561. The number of hydrogen-bond donors (Lipinski definition) is 0. The molecule has 43 heavy (non-hydrogen) atoms. The Kier molecular flexibility index (Phi) is 9.34. The highest BCUT2D eigenvalue weighted by atomic mass is 16.5. The molecule has 6 rings (SSSR count). The maximum Gasteiger partial charge on any atom is 0.203 e. The Balaban J connectivity index is 1.21. The number of piperidine rings is 2. The molecule has 8 nitrogen and oxygen atoms in total. The van der Waals surface area contributed by atoms with E-state index in [9.17, 15) is 0 Å². The molecule has 8 heteroatoms. The molecule has 0 N–H and O–H groups in total. The monoisotopic (exact) mass is 584 g/mol. The van der Waals surface area contributed by atoms with Crippen LogP contribution in [0.25, 0.3) is 22.4 Å². The van der Waals surface area contributed by atoms with Gasteiger partial charge in [-0.15, -0.1) is 0 Å². The number of likely N-dealkylation sites (tertiary alicyclic amines) is 2. The number of rotatable bonds is 11. The van der Waals surface area contributed by atoms with E-state index in [0.29, 0.717) is 30.4 Å². The van der Waals surface area contributed by atoms with Gasteiger partial charge in [0, 0.05) is 30.8 Å². The summed E-state index contributed by atoms with van der Waals surface area (Å²) in [6, 6.07) is 21.3. The Bertz CT molecular complexity index is 1470. The largest absolute Gasteiger partial charge is 0.493 e. The number of benzene rings is 3. The molecule has 0 bridgehead atoms. The van der Waals surface area contributed by atoms with Gasteiger partial charge in [0.1, 0.15) is 18.2 Å². The summed E-state index contributed by atoms with van der Waals surface area (Å²) >= 11 is 0. The molecule has 0 aliphatic carbocycles. The van der Waals surface area contributed by atoms with Gasteiger partial charge in [-0.25, -0.2) is 4.98 Å². The van der Waals surface area contributed by atoms with Gasteiger partial charge in [0.05, 0.1) is 32.4 Å². The summed E-state index contributed by atoms with van der Waals surface area (Å²) in [5, 5.41) is 0. The van der Waals surface area contributed by atoms with Crippen LogP contribution >= 0.6 is 0 Å². The number of imidazole rings is 1. The quantitative estimate of drug-likeness (QED) is 0.211. The van der Waals surface area contributed by atoms with E-state index < -0.39 is 0 Å². The molecule has 0 radical (unpaired) electrons. The number of hydrogen-bond acceptors (Lipinski definition) is 7. The number of methoxy groups -OCH3 is 3. The summed E-state index contributed by atoms with van der Waals surface area (Å²) in [5.41, 5.74) is 4.01. The lowest BCUT2D eigenvalue weighted by molar-refractivity contribution is 0.0858. The third kappa shape index (κ3) is 6.60.